The molecule has 0 fully saturated rings. The summed E-state index contributed by atoms with van der Waals surface area (Å²) in [6.45, 7) is 0. The predicted molar refractivity (Wildman–Crippen MR) is 72.1 cm³/mol. The van der Waals surface area contributed by atoms with Crippen LogP contribution in [0.25, 0.3) is 0 Å². The van der Waals surface area contributed by atoms with Gasteiger partial charge in [-0.05, 0) is 38.8 Å². The van der Waals surface area contributed by atoms with Gasteiger partial charge in [-0.3, -0.25) is 5.84 Å². The second-order valence-electron chi connectivity index (χ2n) is 3.09. The standard InChI is InChI=1S/C10H11BrN2OS2/c1-14-7-3-5-16-10(7)8(13-12)9-6(11)2-4-15-9/h2-5,8,13H,12H2,1H3. The average Bonchev–Trinajstić information content (AvgIpc) is 2.90. The molecular formula is C10H11BrN2OS2. The first kappa shape index (κ1) is 12.1. The molecular weight excluding hydrogens is 308 g/mol. The fourth-order valence-corrected chi connectivity index (χ4v) is 4.14. The van der Waals surface area contributed by atoms with Crippen molar-refractivity contribution in [3.63, 3.8) is 0 Å². The summed E-state index contributed by atoms with van der Waals surface area (Å²) >= 11 is 6.81. The van der Waals surface area contributed by atoms with Crippen molar-refractivity contribution < 1.29 is 4.74 Å². The van der Waals surface area contributed by atoms with E-state index in [4.69, 9.17) is 10.6 Å². The molecule has 2 heterocycles. The minimum Gasteiger partial charge on any atom is -0.496 e. The quantitative estimate of drug-likeness (QED) is 0.672. The lowest BCUT2D eigenvalue weighted by molar-refractivity contribution is 0.408. The van der Waals surface area contributed by atoms with Crippen molar-refractivity contribution in [2.24, 2.45) is 5.84 Å². The van der Waals surface area contributed by atoms with Gasteiger partial charge in [0.2, 0.25) is 0 Å². The van der Waals surface area contributed by atoms with Crippen LogP contribution < -0.4 is 16.0 Å². The Morgan fingerprint density at radius 1 is 1.31 bits per heavy atom. The summed E-state index contributed by atoms with van der Waals surface area (Å²) in [6.07, 6.45) is 0. The Morgan fingerprint density at radius 2 is 2.00 bits per heavy atom. The number of hydrogen-bond donors (Lipinski definition) is 2. The van der Waals surface area contributed by atoms with E-state index in [2.05, 4.69) is 21.4 Å². The van der Waals surface area contributed by atoms with Gasteiger partial charge in [-0.1, -0.05) is 0 Å². The van der Waals surface area contributed by atoms with Gasteiger partial charge in [0, 0.05) is 9.35 Å². The van der Waals surface area contributed by atoms with Crippen LogP contribution in [0, 0.1) is 0 Å². The van der Waals surface area contributed by atoms with Crippen molar-refractivity contribution in [2.45, 2.75) is 6.04 Å². The SMILES string of the molecule is COc1ccsc1C(NN)c1sccc1Br. The maximum absolute atomic E-state index is 5.63. The van der Waals surface area contributed by atoms with Gasteiger partial charge >= 0.3 is 0 Å². The second kappa shape index (κ2) is 5.29. The van der Waals surface area contributed by atoms with Gasteiger partial charge in [-0.2, -0.15) is 0 Å². The highest BCUT2D eigenvalue weighted by Crippen LogP contribution is 2.39. The summed E-state index contributed by atoms with van der Waals surface area (Å²) in [5.41, 5.74) is 2.83. The van der Waals surface area contributed by atoms with Gasteiger partial charge in [0.15, 0.2) is 0 Å². The molecule has 86 valence electrons. The maximum atomic E-state index is 5.63. The Kier molecular flexibility index (Phi) is 3.99. The lowest BCUT2D eigenvalue weighted by Crippen LogP contribution is -2.28. The summed E-state index contributed by atoms with van der Waals surface area (Å²) < 4.78 is 6.38. The zero-order chi connectivity index (χ0) is 11.5. The number of nitrogens with one attached hydrogen (secondary N) is 1. The van der Waals surface area contributed by atoms with E-state index in [1.54, 1.807) is 29.8 Å². The highest BCUT2D eigenvalue weighted by Gasteiger charge is 2.21. The number of thiophene rings is 2. The molecule has 2 aromatic heterocycles. The molecule has 0 aliphatic carbocycles. The summed E-state index contributed by atoms with van der Waals surface area (Å²) in [7, 11) is 1.67. The van der Waals surface area contributed by atoms with E-state index in [1.165, 1.54) is 0 Å². The molecule has 0 aliphatic rings. The zero-order valence-electron chi connectivity index (χ0n) is 8.57. The van der Waals surface area contributed by atoms with E-state index in [-0.39, 0.29) is 6.04 Å². The van der Waals surface area contributed by atoms with Crippen molar-refractivity contribution in [3.8, 4) is 5.75 Å². The van der Waals surface area contributed by atoms with Gasteiger partial charge in [-0.25, -0.2) is 5.43 Å². The fraction of sp³-hybridized carbons (Fsp3) is 0.200. The van der Waals surface area contributed by atoms with Gasteiger partial charge in [0.25, 0.3) is 0 Å². The van der Waals surface area contributed by atoms with Crippen LogP contribution in [-0.2, 0) is 0 Å². The first-order chi connectivity index (χ1) is 7.77. The van der Waals surface area contributed by atoms with Gasteiger partial charge in [-0.15, -0.1) is 22.7 Å². The lowest BCUT2D eigenvalue weighted by Gasteiger charge is -2.15. The molecule has 6 heteroatoms. The molecule has 1 unspecified atom stereocenters. The van der Waals surface area contributed by atoms with Gasteiger partial charge in [0.05, 0.1) is 18.0 Å². The summed E-state index contributed by atoms with van der Waals surface area (Å²) in [4.78, 5) is 2.25. The molecule has 16 heavy (non-hydrogen) atoms. The Morgan fingerprint density at radius 3 is 2.56 bits per heavy atom. The Balaban J connectivity index is 2.40. The minimum absolute atomic E-state index is 0.0238. The number of nitrogens with two attached hydrogens (primary N) is 1. The summed E-state index contributed by atoms with van der Waals surface area (Å²) in [5, 5.41) is 4.03. The molecule has 2 aromatic rings. The monoisotopic (exact) mass is 318 g/mol. The molecule has 0 spiro atoms. The van der Waals surface area contributed by atoms with E-state index in [9.17, 15) is 0 Å². The molecule has 0 saturated carbocycles. The van der Waals surface area contributed by atoms with Crippen molar-refractivity contribution in [1.82, 2.24) is 5.43 Å². The molecule has 0 saturated heterocycles. The largest absolute Gasteiger partial charge is 0.496 e. The van der Waals surface area contributed by atoms with Crippen LogP contribution in [0.3, 0.4) is 0 Å². The zero-order valence-corrected chi connectivity index (χ0v) is 11.8. The number of halogens is 1. The third-order valence-corrected chi connectivity index (χ3v) is 5.11. The third kappa shape index (κ3) is 2.16. The summed E-state index contributed by atoms with van der Waals surface area (Å²) in [6, 6.07) is 3.94. The van der Waals surface area contributed by atoms with Crippen LogP contribution >= 0.6 is 38.6 Å². The number of rotatable bonds is 4. The molecule has 0 aromatic carbocycles. The number of methoxy groups -OCH3 is 1. The Labute approximate surface area is 110 Å². The van der Waals surface area contributed by atoms with Gasteiger partial charge in [0.1, 0.15) is 5.75 Å². The molecule has 0 bridgehead atoms. The Hall–Kier alpha value is -0.400. The van der Waals surface area contributed by atoms with Crippen molar-refractivity contribution in [1.29, 1.82) is 0 Å². The highest BCUT2D eigenvalue weighted by atomic mass is 79.9. The van der Waals surface area contributed by atoms with E-state index in [0.29, 0.717) is 0 Å². The van der Waals surface area contributed by atoms with E-state index >= 15 is 0 Å². The van der Waals surface area contributed by atoms with Crippen molar-refractivity contribution in [2.75, 3.05) is 7.11 Å². The number of hydrazine groups is 1. The first-order valence-corrected chi connectivity index (χ1v) is 7.13. The highest BCUT2D eigenvalue weighted by molar-refractivity contribution is 9.10. The number of hydrogen-bond acceptors (Lipinski definition) is 5. The molecule has 3 nitrogen and oxygen atoms in total. The minimum atomic E-state index is -0.0238. The van der Waals surface area contributed by atoms with E-state index in [0.717, 1.165) is 20.0 Å². The molecule has 3 N–H and O–H groups in total. The van der Waals surface area contributed by atoms with Crippen LogP contribution in [0.15, 0.2) is 27.4 Å². The van der Waals surface area contributed by atoms with Crippen molar-refractivity contribution >= 4 is 38.6 Å². The molecule has 0 radical (unpaired) electrons. The third-order valence-electron chi connectivity index (χ3n) is 2.21. The van der Waals surface area contributed by atoms with E-state index in [1.807, 2.05) is 22.9 Å². The average molecular weight is 319 g/mol. The summed E-state index contributed by atoms with van der Waals surface area (Å²) in [5.74, 6) is 6.50. The lowest BCUT2D eigenvalue weighted by atomic mass is 10.2. The smallest absolute Gasteiger partial charge is 0.134 e. The molecule has 2 rings (SSSR count). The van der Waals surface area contributed by atoms with Crippen molar-refractivity contribution in [3.05, 3.63) is 37.1 Å². The topological polar surface area (TPSA) is 47.3 Å². The van der Waals surface area contributed by atoms with Crippen LogP contribution in [0.2, 0.25) is 0 Å². The van der Waals surface area contributed by atoms with Gasteiger partial charge < -0.3 is 4.74 Å². The fourth-order valence-electron chi connectivity index (χ4n) is 1.47. The van der Waals surface area contributed by atoms with E-state index < -0.39 is 0 Å². The maximum Gasteiger partial charge on any atom is 0.134 e. The number of ether oxygens (including phenoxy) is 1. The first-order valence-electron chi connectivity index (χ1n) is 4.58. The molecule has 0 amide bonds. The normalized spacial score (nSPS) is 12.7. The molecule has 1 atom stereocenters. The Bertz CT molecular complexity index is 469. The second-order valence-corrected chi connectivity index (χ2v) is 5.84. The predicted octanol–water partition coefficient (Wildman–Crippen LogP) is 3.13. The molecule has 0 aliphatic heterocycles. The van der Waals surface area contributed by atoms with Crippen LogP contribution in [0.5, 0.6) is 5.75 Å². The van der Waals surface area contributed by atoms with Crippen LogP contribution in [-0.4, -0.2) is 7.11 Å². The van der Waals surface area contributed by atoms with Crippen LogP contribution in [0.4, 0.5) is 0 Å². The van der Waals surface area contributed by atoms with Crippen LogP contribution in [0.1, 0.15) is 15.8 Å².